The maximum absolute atomic E-state index is 12.5. The third kappa shape index (κ3) is 4.04. The monoisotopic (exact) mass is 408 g/mol. The summed E-state index contributed by atoms with van der Waals surface area (Å²) in [6, 6.07) is 3.69. The third-order valence-corrected chi connectivity index (χ3v) is 7.24. The van der Waals surface area contributed by atoms with Crippen LogP contribution >= 0.6 is 0 Å². The van der Waals surface area contributed by atoms with E-state index in [2.05, 4.69) is 25.2 Å². The second-order valence-corrected chi connectivity index (χ2v) is 11.0. The van der Waals surface area contributed by atoms with E-state index in [1.54, 1.807) is 7.05 Å². The molecule has 0 atom stereocenters. The zero-order valence-corrected chi connectivity index (χ0v) is 18.6. The molecule has 3 heterocycles. The molecule has 1 aliphatic rings. The fourth-order valence-electron chi connectivity index (χ4n) is 3.68. The molecular weight excluding hydrogens is 376 g/mol. The summed E-state index contributed by atoms with van der Waals surface area (Å²) in [5, 5.41) is 0. The van der Waals surface area contributed by atoms with Gasteiger partial charge in [0.2, 0.25) is 0 Å². The van der Waals surface area contributed by atoms with Gasteiger partial charge in [-0.3, -0.25) is 4.31 Å². The van der Waals surface area contributed by atoms with Gasteiger partial charge in [0.1, 0.15) is 5.65 Å². The van der Waals surface area contributed by atoms with Crippen LogP contribution in [0.25, 0.3) is 5.65 Å². The van der Waals surface area contributed by atoms with Crippen molar-refractivity contribution in [3.05, 3.63) is 29.7 Å². The quantitative estimate of drug-likeness (QED) is 0.763. The number of rotatable bonds is 5. The van der Waals surface area contributed by atoms with Gasteiger partial charge in [-0.1, -0.05) is 20.8 Å². The molecule has 0 spiro atoms. The molecule has 0 bridgehead atoms. The van der Waals surface area contributed by atoms with Gasteiger partial charge in [-0.25, -0.2) is 4.98 Å². The first kappa shape index (κ1) is 21.1. The zero-order chi connectivity index (χ0) is 20.7. The minimum atomic E-state index is -3.54. The number of nitrogens with zero attached hydrogens (tertiary/aromatic N) is 4. The number of hydrogen-bond donors (Lipinski definition) is 0. The van der Waals surface area contributed by atoms with Crippen LogP contribution in [0, 0.1) is 5.92 Å². The molecule has 0 aliphatic carbocycles. The normalized spacial score (nSPS) is 16.8. The summed E-state index contributed by atoms with van der Waals surface area (Å²) in [5.41, 5.74) is 3.59. The molecule has 0 radical (unpaired) electrons. The molecule has 8 heteroatoms. The van der Waals surface area contributed by atoms with Crippen molar-refractivity contribution in [3.63, 3.8) is 0 Å². The molecule has 1 fully saturated rings. The predicted molar refractivity (Wildman–Crippen MR) is 112 cm³/mol. The summed E-state index contributed by atoms with van der Waals surface area (Å²) >= 11 is 0. The standard InChI is InChI=1S/C20H32N4O3S/c1-20(2,3)19-17(13-15-8-11-27-12-9-15)24-10-7-16(14-18(24)21-19)23(6)28(25,26)22(4)5/h7,10,14-15H,8-9,11-13H2,1-6H3. The fraction of sp³-hybridized carbons (Fsp3) is 0.650. The van der Waals surface area contributed by atoms with Crippen LogP contribution in [0.5, 0.6) is 0 Å². The molecule has 0 N–H and O–H groups in total. The van der Waals surface area contributed by atoms with Gasteiger partial charge in [0.15, 0.2) is 0 Å². The van der Waals surface area contributed by atoms with E-state index < -0.39 is 10.2 Å². The molecule has 0 amide bonds. The summed E-state index contributed by atoms with van der Waals surface area (Å²) in [4.78, 5) is 4.92. The Bertz CT molecular complexity index is 938. The topological polar surface area (TPSA) is 67.2 Å². The van der Waals surface area contributed by atoms with Crippen molar-refractivity contribution < 1.29 is 13.2 Å². The van der Waals surface area contributed by atoms with E-state index in [4.69, 9.17) is 9.72 Å². The second kappa shape index (κ2) is 7.65. The van der Waals surface area contributed by atoms with E-state index >= 15 is 0 Å². The largest absolute Gasteiger partial charge is 0.381 e. The van der Waals surface area contributed by atoms with Crippen molar-refractivity contribution in [1.82, 2.24) is 13.7 Å². The molecule has 1 saturated heterocycles. The number of fused-ring (bicyclic) bond motifs is 1. The van der Waals surface area contributed by atoms with Crippen LogP contribution in [0.3, 0.4) is 0 Å². The lowest BCUT2D eigenvalue weighted by Crippen LogP contribution is -2.37. The van der Waals surface area contributed by atoms with Crippen molar-refractivity contribution in [3.8, 4) is 0 Å². The lowest BCUT2D eigenvalue weighted by atomic mass is 9.86. The lowest BCUT2D eigenvalue weighted by Gasteiger charge is -2.25. The van der Waals surface area contributed by atoms with Gasteiger partial charge < -0.3 is 9.14 Å². The summed E-state index contributed by atoms with van der Waals surface area (Å²) in [7, 11) is 1.09. The van der Waals surface area contributed by atoms with Crippen molar-refractivity contribution in [1.29, 1.82) is 0 Å². The van der Waals surface area contributed by atoms with Gasteiger partial charge in [-0.2, -0.15) is 12.7 Å². The highest BCUT2D eigenvalue weighted by atomic mass is 32.2. The first-order chi connectivity index (χ1) is 13.0. The summed E-state index contributed by atoms with van der Waals surface area (Å²) in [6.07, 6.45) is 5.04. The Morgan fingerprint density at radius 3 is 2.43 bits per heavy atom. The number of ether oxygens (including phenoxy) is 1. The Balaban J connectivity index is 2.05. The van der Waals surface area contributed by atoms with Gasteiger partial charge in [0.25, 0.3) is 0 Å². The Labute approximate surface area is 168 Å². The van der Waals surface area contributed by atoms with Gasteiger partial charge in [0, 0.05) is 57.7 Å². The molecule has 0 saturated carbocycles. The molecule has 156 valence electrons. The van der Waals surface area contributed by atoms with E-state index in [-0.39, 0.29) is 5.41 Å². The summed E-state index contributed by atoms with van der Waals surface area (Å²) in [6.45, 7) is 8.16. The summed E-state index contributed by atoms with van der Waals surface area (Å²) in [5.74, 6) is 0.589. The lowest BCUT2D eigenvalue weighted by molar-refractivity contribution is 0.0661. The highest BCUT2D eigenvalue weighted by molar-refractivity contribution is 7.90. The van der Waals surface area contributed by atoms with Crippen molar-refractivity contribution in [2.45, 2.75) is 45.4 Å². The number of imidazole rings is 1. The van der Waals surface area contributed by atoms with E-state index in [9.17, 15) is 8.42 Å². The van der Waals surface area contributed by atoms with Crippen molar-refractivity contribution >= 4 is 21.5 Å². The van der Waals surface area contributed by atoms with Crippen LogP contribution in [-0.2, 0) is 26.8 Å². The Morgan fingerprint density at radius 1 is 1.21 bits per heavy atom. The molecule has 7 nitrogen and oxygen atoms in total. The van der Waals surface area contributed by atoms with E-state index in [1.165, 1.54) is 28.4 Å². The minimum Gasteiger partial charge on any atom is -0.381 e. The van der Waals surface area contributed by atoms with Crippen LogP contribution in [0.4, 0.5) is 5.69 Å². The van der Waals surface area contributed by atoms with Crippen LogP contribution < -0.4 is 4.31 Å². The Morgan fingerprint density at radius 2 is 1.86 bits per heavy atom. The zero-order valence-electron chi connectivity index (χ0n) is 17.8. The number of aromatic nitrogens is 2. The third-order valence-electron chi connectivity index (χ3n) is 5.41. The average Bonchev–Trinajstić information content (AvgIpc) is 3.00. The highest BCUT2D eigenvalue weighted by Gasteiger charge is 2.27. The highest BCUT2D eigenvalue weighted by Crippen LogP contribution is 2.31. The molecular formula is C20H32N4O3S. The molecule has 0 unspecified atom stereocenters. The van der Waals surface area contributed by atoms with Gasteiger partial charge >= 0.3 is 10.2 Å². The van der Waals surface area contributed by atoms with E-state index in [0.717, 1.165) is 43.8 Å². The molecule has 0 aromatic carbocycles. The minimum absolute atomic E-state index is 0.0890. The van der Waals surface area contributed by atoms with Crippen LogP contribution in [0.15, 0.2) is 18.3 Å². The smallest absolute Gasteiger partial charge is 0.303 e. The first-order valence-electron chi connectivity index (χ1n) is 9.77. The molecule has 28 heavy (non-hydrogen) atoms. The molecule has 2 aromatic heterocycles. The van der Waals surface area contributed by atoms with E-state index in [1.807, 2.05) is 18.3 Å². The van der Waals surface area contributed by atoms with Crippen molar-refractivity contribution in [2.75, 3.05) is 38.7 Å². The maximum atomic E-state index is 12.5. The SMILES string of the molecule is CN(C)S(=O)(=O)N(C)c1ccn2c(CC3CCOCC3)c(C(C)(C)C)nc2c1. The first-order valence-corrected chi connectivity index (χ1v) is 11.2. The Kier molecular flexibility index (Phi) is 5.76. The maximum Gasteiger partial charge on any atom is 0.303 e. The van der Waals surface area contributed by atoms with Crippen LogP contribution in [-0.4, -0.2) is 56.5 Å². The van der Waals surface area contributed by atoms with Gasteiger partial charge in [0.05, 0.1) is 11.4 Å². The Hall–Kier alpha value is -1.64. The number of anilines is 1. The molecule has 3 rings (SSSR count). The molecule has 2 aromatic rings. The fourth-order valence-corrected chi connectivity index (χ4v) is 4.55. The predicted octanol–water partition coefficient (Wildman–Crippen LogP) is 2.84. The van der Waals surface area contributed by atoms with E-state index in [0.29, 0.717) is 11.6 Å². The number of pyridine rings is 1. The average molecular weight is 409 g/mol. The van der Waals surface area contributed by atoms with Gasteiger partial charge in [-0.05, 0) is 31.2 Å². The van der Waals surface area contributed by atoms with Crippen LogP contribution in [0.2, 0.25) is 0 Å². The summed E-state index contributed by atoms with van der Waals surface area (Å²) < 4.78 is 35.1. The number of hydrogen-bond acceptors (Lipinski definition) is 4. The van der Waals surface area contributed by atoms with Crippen LogP contribution in [0.1, 0.15) is 45.0 Å². The van der Waals surface area contributed by atoms with Gasteiger partial charge in [-0.15, -0.1) is 0 Å². The van der Waals surface area contributed by atoms with Crippen molar-refractivity contribution in [2.24, 2.45) is 5.92 Å². The molecule has 1 aliphatic heterocycles. The second-order valence-electron chi connectivity index (χ2n) is 8.79.